The van der Waals surface area contributed by atoms with Crippen LogP contribution >= 0.6 is 0 Å². The minimum absolute atomic E-state index is 0.0276. The Labute approximate surface area is 88.0 Å². The Kier molecular flexibility index (Phi) is 3.62. The minimum Gasteiger partial charge on any atom is -0.496 e. The lowest BCUT2D eigenvalue weighted by Crippen LogP contribution is -2.10. The quantitative estimate of drug-likeness (QED) is 0.605. The van der Waals surface area contributed by atoms with Gasteiger partial charge in [0.25, 0.3) is 5.69 Å². The van der Waals surface area contributed by atoms with E-state index in [4.69, 9.17) is 10.5 Å². The van der Waals surface area contributed by atoms with Gasteiger partial charge in [-0.15, -0.1) is 0 Å². The van der Waals surface area contributed by atoms with Crippen LogP contribution < -0.4 is 10.5 Å². The molecule has 1 rings (SSSR count). The number of hydrogen-bond acceptors (Lipinski definition) is 4. The van der Waals surface area contributed by atoms with E-state index in [0.717, 1.165) is 5.56 Å². The molecule has 0 amide bonds. The molecule has 0 saturated heterocycles. The van der Waals surface area contributed by atoms with E-state index in [1.807, 2.05) is 6.92 Å². The first-order chi connectivity index (χ1) is 7.10. The van der Waals surface area contributed by atoms with Crippen molar-refractivity contribution in [2.75, 3.05) is 13.7 Å². The number of nitrogens with zero attached hydrogens (tertiary/aromatic N) is 1. The van der Waals surface area contributed by atoms with Crippen LogP contribution in [0.3, 0.4) is 0 Å². The fourth-order valence-corrected chi connectivity index (χ4v) is 1.35. The molecule has 0 aromatic heterocycles. The first-order valence-electron chi connectivity index (χ1n) is 4.62. The Morgan fingerprint density at radius 1 is 1.60 bits per heavy atom. The predicted molar refractivity (Wildman–Crippen MR) is 57.1 cm³/mol. The summed E-state index contributed by atoms with van der Waals surface area (Å²) in [5.74, 6) is 0.642. The zero-order valence-electron chi connectivity index (χ0n) is 8.77. The third-order valence-electron chi connectivity index (χ3n) is 2.31. The number of methoxy groups -OCH3 is 1. The van der Waals surface area contributed by atoms with Gasteiger partial charge in [0.15, 0.2) is 0 Å². The lowest BCUT2D eigenvalue weighted by molar-refractivity contribution is -0.384. The van der Waals surface area contributed by atoms with Crippen molar-refractivity contribution in [1.29, 1.82) is 0 Å². The Bertz CT molecular complexity index is 366. The van der Waals surface area contributed by atoms with E-state index < -0.39 is 4.92 Å². The molecule has 1 atom stereocenters. The normalized spacial score (nSPS) is 12.2. The summed E-state index contributed by atoms with van der Waals surface area (Å²) in [5, 5.41) is 10.5. The van der Waals surface area contributed by atoms with Crippen molar-refractivity contribution in [2.24, 2.45) is 5.73 Å². The van der Waals surface area contributed by atoms with Gasteiger partial charge in [0.2, 0.25) is 0 Å². The Balaban J connectivity index is 3.14. The number of benzene rings is 1. The summed E-state index contributed by atoms with van der Waals surface area (Å²) < 4.78 is 5.10. The van der Waals surface area contributed by atoms with Gasteiger partial charge in [-0.1, -0.05) is 6.92 Å². The summed E-state index contributed by atoms with van der Waals surface area (Å²) in [4.78, 5) is 10.1. The van der Waals surface area contributed by atoms with Gasteiger partial charge in [-0.2, -0.15) is 0 Å². The van der Waals surface area contributed by atoms with E-state index in [9.17, 15) is 10.1 Å². The van der Waals surface area contributed by atoms with Crippen molar-refractivity contribution in [2.45, 2.75) is 12.8 Å². The van der Waals surface area contributed by atoms with Gasteiger partial charge in [-0.3, -0.25) is 10.1 Å². The highest BCUT2D eigenvalue weighted by molar-refractivity contribution is 5.45. The van der Waals surface area contributed by atoms with Crippen molar-refractivity contribution in [3.05, 3.63) is 33.9 Å². The molecule has 1 aromatic carbocycles. The highest BCUT2D eigenvalue weighted by atomic mass is 16.6. The van der Waals surface area contributed by atoms with E-state index in [1.165, 1.54) is 19.2 Å². The van der Waals surface area contributed by atoms with Crippen molar-refractivity contribution >= 4 is 5.69 Å². The second-order valence-corrected chi connectivity index (χ2v) is 3.32. The monoisotopic (exact) mass is 210 g/mol. The third kappa shape index (κ3) is 2.44. The van der Waals surface area contributed by atoms with E-state index in [-0.39, 0.29) is 11.6 Å². The molecule has 5 heteroatoms. The molecular formula is C10H14N2O3. The van der Waals surface area contributed by atoms with Crippen LogP contribution in [0.25, 0.3) is 0 Å². The molecule has 0 aliphatic carbocycles. The second-order valence-electron chi connectivity index (χ2n) is 3.32. The average Bonchev–Trinajstić information content (AvgIpc) is 2.27. The molecule has 2 N–H and O–H groups in total. The third-order valence-corrected chi connectivity index (χ3v) is 2.31. The number of rotatable bonds is 4. The smallest absolute Gasteiger partial charge is 0.273 e. The van der Waals surface area contributed by atoms with Crippen LogP contribution in [-0.2, 0) is 0 Å². The zero-order chi connectivity index (χ0) is 11.4. The summed E-state index contributed by atoms with van der Waals surface area (Å²) in [7, 11) is 1.49. The number of non-ortho nitro benzene ring substituents is 1. The van der Waals surface area contributed by atoms with Gasteiger partial charge in [0.1, 0.15) is 5.75 Å². The van der Waals surface area contributed by atoms with E-state index in [1.54, 1.807) is 6.07 Å². The fraction of sp³-hybridized carbons (Fsp3) is 0.400. The molecule has 5 nitrogen and oxygen atoms in total. The van der Waals surface area contributed by atoms with Gasteiger partial charge in [0, 0.05) is 6.07 Å². The van der Waals surface area contributed by atoms with Crippen molar-refractivity contribution in [3.63, 3.8) is 0 Å². The highest BCUT2D eigenvalue weighted by Gasteiger charge is 2.14. The van der Waals surface area contributed by atoms with Gasteiger partial charge in [0.05, 0.1) is 18.1 Å². The lowest BCUT2D eigenvalue weighted by atomic mass is 10.00. The molecule has 0 spiro atoms. The number of nitrogens with two attached hydrogens (primary N) is 1. The lowest BCUT2D eigenvalue weighted by Gasteiger charge is -2.13. The fourth-order valence-electron chi connectivity index (χ4n) is 1.35. The molecule has 0 bridgehead atoms. The van der Waals surface area contributed by atoms with Crippen LogP contribution in [0.5, 0.6) is 5.75 Å². The first kappa shape index (κ1) is 11.5. The second kappa shape index (κ2) is 4.75. The van der Waals surface area contributed by atoms with Crippen LogP contribution in [0.1, 0.15) is 18.4 Å². The average molecular weight is 210 g/mol. The summed E-state index contributed by atoms with van der Waals surface area (Å²) in [5.41, 5.74) is 6.46. The van der Waals surface area contributed by atoms with E-state index >= 15 is 0 Å². The molecule has 0 fully saturated rings. The van der Waals surface area contributed by atoms with Crippen molar-refractivity contribution in [3.8, 4) is 5.75 Å². The molecule has 1 aromatic rings. The molecular weight excluding hydrogens is 196 g/mol. The molecule has 15 heavy (non-hydrogen) atoms. The number of hydrogen-bond donors (Lipinski definition) is 1. The van der Waals surface area contributed by atoms with Crippen molar-refractivity contribution < 1.29 is 9.66 Å². The van der Waals surface area contributed by atoms with Crippen LogP contribution in [-0.4, -0.2) is 18.6 Å². The molecule has 0 aliphatic rings. The highest BCUT2D eigenvalue weighted by Crippen LogP contribution is 2.29. The largest absolute Gasteiger partial charge is 0.496 e. The maximum atomic E-state index is 10.5. The topological polar surface area (TPSA) is 78.4 Å². The van der Waals surface area contributed by atoms with Gasteiger partial charge < -0.3 is 10.5 Å². The Morgan fingerprint density at radius 2 is 2.27 bits per heavy atom. The van der Waals surface area contributed by atoms with Gasteiger partial charge in [-0.25, -0.2) is 0 Å². The molecule has 0 radical (unpaired) electrons. The molecule has 82 valence electrons. The summed E-state index contributed by atoms with van der Waals surface area (Å²) >= 11 is 0. The molecule has 1 unspecified atom stereocenters. The maximum absolute atomic E-state index is 10.5. The maximum Gasteiger partial charge on any atom is 0.273 e. The first-order valence-corrected chi connectivity index (χ1v) is 4.62. The van der Waals surface area contributed by atoms with Crippen LogP contribution in [0.4, 0.5) is 5.69 Å². The minimum atomic E-state index is -0.445. The van der Waals surface area contributed by atoms with E-state index in [0.29, 0.717) is 12.3 Å². The summed E-state index contributed by atoms with van der Waals surface area (Å²) in [6.45, 7) is 2.43. The number of nitro benzene ring substituents is 1. The zero-order valence-corrected chi connectivity index (χ0v) is 8.77. The molecule has 0 heterocycles. The molecule has 0 aliphatic heterocycles. The van der Waals surface area contributed by atoms with Crippen LogP contribution in [0, 0.1) is 10.1 Å². The Hall–Kier alpha value is -1.62. The van der Waals surface area contributed by atoms with Crippen LogP contribution in [0.2, 0.25) is 0 Å². The van der Waals surface area contributed by atoms with E-state index in [2.05, 4.69) is 0 Å². The van der Waals surface area contributed by atoms with Gasteiger partial charge in [-0.05, 0) is 24.1 Å². The SMILES string of the molecule is COc1cc([N+](=O)[O-])ccc1C(C)CN. The summed E-state index contributed by atoms with van der Waals surface area (Å²) in [6.07, 6.45) is 0. The number of ether oxygens (including phenoxy) is 1. The van der Waals surface area contributed by atoms with Gasteiger partial charge >= 0.3 is 0 Å². The van der Waals surface area contributed by atoms with Crippen molar-refractivity contribution in [1.82, 2.24) is 0 Å². The van der Waals surface area contributed by atoms with Crippen LogP contribution in [0.15, 0.2) is 18.2 Å². The summed E-state index contributed by atoms with van der Waals surface area (Å²) in [6, 6.07) is 4.57. The molecule has 0 saturated carbocycles. The standard InChI is InChI=1S/C10H14N2O3/c1-7(6-11)9-4-3-8(12(13)14)5-10(9)15-2/h3-5,7H,6,11H2,1-2H3. The Morgan fingerprint density at radius 3 is 2.73 bits per heavy atom. The number of nitro groups is 1. The predicted octanol–water partition coefficient (Wildman–Crippen LogP) is 1.67.